The summed E-state index contributed by atoms with van der Waals surface area (Å²) in [4.78, 5) is 34.1. The molecule has 0 fully saturated rings. The number of rotatable bonds is 6. The molecule has 1 aliphatic heterocycles. The summed E-state index contributed by atoms with van der Waals surface area (Å²) in [6.07, 6.45) is 1.65. The van der Waals surface area contributed by atoms with E-state index in [1.165, 1.54) is 6.92 Å². The number of Topliss-reactive ketones (excluding diaryl/α,β-unsaturated/α-hetero) is 1. The topological polar surface area (TPSA) is 102 Å². The Kier molecular flexibility index (Phi) is 5.81. The van der Waals surface area contributed by atoms with Crippen molar-refractivity contribution in [3.05, 3.63) is 35.0 Å². The highest BCUT2D eigenvalue weighted by Gasteiger charge is 2.26. The number of amides is 2. The van der Waals surface area contributed by atoms with Gasteiger partial charge in [0.1, 0.15) is 5.78 Å². The number of hydrogen-bond donors (Lipinski definition) is 1. The predicted octanol–water partition coefficient (Wildman–Crippen LogP) is 2.45. The Hall–Kier alpha value is -2.54. The Labute approximate surface area is 140 Å². The highest BCUT2D eigenvalue weighted by molar-refractivity contribution is 6.07. The van der Waals surface area contributed by atoms with Gasteiger partial charge in [-0.15, -0.1) is 0 Å². The van der Waals surface area contributed by atoms with Crippen molar-refractivity contribution >= 4 is 29.0 Å². The minimum atomic E-state index is -0.523. The average Bonchev–Trinajstić information content (AvgIpc) is 2.51. The van der Waals surface area contributed by atoms with Crippen LogP contribution in [0.3, 0.4) is 0 Å². The van der Waals surface area contributed by atoms with E-state index < -0.39 is 5.91 Å². The predicted molar refractivity (Wildman–Crippen MR) is 90.1 cm³/mol. The molecule has 7 heteroatoms. The number of nitrogens with zero attached hydrogens (tertiary/aromatic N) is 2. The zero-order valence-corrected chi connectivity index (χ0v) is 13.7. The van der Waals surface area contributed by atoms with Crippen molar-refractivity contribution in [3.63, 3.8) is 0 Å². The molecule has 0 bridgehead atoms. The van der Waals surface area contributed by atoms with E-state index in [-0.39, 0.29) is 35.6 Å². The molecule has 2 rings (SSSR count). The van der Waals surface area contributed by atoms with Crippen LogP contribution in [0.1, 0.15) is 45.1 Å². The molecule has 0 radical (unpaired) electrons. The molecular formula is C17H20N3O4-. The molecule has 1 heterocycles. The van der Waals surface area contributed by atoms with Gasteiger partial charge in [-0.25, -0.2) is 0 Å². The minimum Gasteiger partial charge on any atom is -0.735 e. The summed E-state index contributed by atoms with van der Waals surface area (Å²) in [7, 11) is 0. The van der Waals surface area contributed by atoms with Crippen LogP contribution >= 0.6 is 0 Å². The van der Waals surface area contributed by atoms with Gasteiger partial charge in [-0.05, 0) is 31.0 Å². The van der Waals surface area contributed by atoms with Crippen molar-refractivity contribution in [2.24, 2.45) is 11.0 Å². The lowest BCUT2D eigenvalue weighted by atomic mass is 9.88. The molecular weight excluding hydrogens is 310 g/mol. The molecule has 1 aromatic rings. The molecule has 0 aliphatic carbocycles. The largest absolute Gasteiger partial charge is 0.735 e. The monoisotopic (exact) mass is 330 g/mol. The maximum atomic E-state index is 11.6. The van der Waals surface area contributed by atoms with Gasteiger partial charge < -0.3 is 15.7 Å². The van der Waals surface area contributed by atoms with E-state index in [0.717, 1.165) is 18.4 Å². The molecule has 1 aromatic carbocycles. The fourth-order valence-corrected chi connectivity index (χ4v) is 2.66. The van der Waals surface area contributed by atoms with E-state index in [0.29, 0.717) is 11.4 Å². The lowest BCUT2D eigenvalue weighted by molar-refractivity contribution is -0.130. The smallest absolute Gasteiger partial charge is 0.233 e. The van der Waals surface area contributed by atoms with Crippen LogP contribution in [0.15, 0.2) is 29.4 Å². The molecule has 1 aliphatic rings. The number of nitrogens with one attached hydrogen (secondary N) is 1. The van der Waals surface area contributed by atoms with E-state index in [2.05, 4.69) is 10.4 Å². The van der Waals surface area contributed by atoms with Crippen molar-refractivity contribution in [2.75, 3.05) is 5.32 Å². The van der Waals surface area contributed by atoms with Crippen molar-refractivity contribution in [2.45, 2.75) is 39.5 Å². The Balaban J connectivity index is 2.16. The summed E-state index contributed by atoms with van der Waals surface area (Å²) >= 11 is 0. The third-order valence-electron chi connectivity index (χ3n) is 3.73. The number of ketones is 1. The molecule has 1 unspecified atom stereocenters. The van der Waals surface area contributed by atoms with Gasteiger partial charge >= 0.3 is 0 Å². The van der Waals surface area contributed by atoms with E-state index in [4.69, 9.17) is 0 Å². The molecule has 0 spiro atoms. The molecule has 0 saturated carbocycles. The maximum absolute atomic E-state index is 11.6. The number of carbonyl (C=O) groups excluding carboxylic acids is 3. The fraction of sp³-hybridized carbons (Fsp3) is 0.412. The van der Waals surface area contributed by atoms with E-state index in [1.54, 1.807) is 24.3 Å². The zero-order chi connectivity index (χ0) is 17.7. The fourth-order valence-electron chi connectivity index (χ4n) is 2.66. The Morgan fingerprint density at radius 3 is 2.58 bits per heavy atom. The second-order valence-electron chi connectivity index (χ2n) is 5.85. The summed E-state index contributed by atoms with van der Waals surface area (Å²) in [5.41, 5.74) is 1.89. The van der Waals surface area contributed by atoms with Crippen LogP contribution in [0.5, 0.6) is 0 Å². The quantitative estimate of drug-likeness (QED) is 0.809. The molecule has 1 atom stereocenters. The van der Waals surface area contributed by atoms with Crippen LogP contribution in [0.2, 0.25) is 0 Å². The van der Waals surface area contributed by atoms with Crippen LogP contribution in [0.25, 0.3) is 0 Å². The standard InChI is InChI=1S/C17H20N3O4/c1-3-4-13-10-16(23)20(24)19-17(13)12-5-7-14(8-6-12)18-15(22)9-11(2)21/h5-8,13H,3-4,9-10H2,1-2H3,(H,18,22)/q-1. The highest BCUT2D eigenvalue weighted by Crippen LogP contribution is 2.25. The highest BCUT2D eigenvalue weighted by atomic mass is 16.5. The van der Waals surface area contributed by atoms with Crippen molar-refractivity contribution < 1.29 is 14.4 Å². The first-order valence-electron chi connectivity index (χ1n) is 7.89. The van der Waals surface area contributed by atoms with Crippen LogP contribution in [0.4, 0.5) is 5.69 Å². The van der Waals surface area contributed by atoms with Gasteiger partial charge in [-0.2, -0.15) is 5.10 Å². The SMILES string of the molecule is CCCC1CC(=O)N([O-])N=C1c1ccc(NC(=O)CC(C)=O)cc1. The van der Waals surface area contributed by atoms with E-state index in [9.17, 15) is 19.6 Å². The number of carbonyl (C=O) groups is 3. The number of hydrazone groups is 1. The first-order valence-corrected chi connectivity index (χ1v) is 7.89. The lowest BCUT2D eigenvalue weighted by Gasteiger charge is -2.32. The molecule has 7 nitrogen and oxygen atoms in total. The van der Waals surface area contributed by atoms with Gasteiger partial charge in [-0.1, -0.05) is 25.5 Å². The summed E-state index contributed by atoms with van der Waals surface area (Å²) in [6, 6.07) is 6.86. The Morgan fingerprint density at radius 1 is 1.33 bits per heavy atom. The normalized spacial score (nSPS) is 17.5. The Bertz CT molecular complexity index is 667. The van der Waals surface area contributed by atoms with Crippen LogP contribution < -0.4 is 5.32 Å². The second-order valence-corrected chi connectivity index (χ2v) is 5.85. The van der Waals surface area contributed by atoms with Crippen molar-refractivity contribution in [3.8, 4) is 0 Å². The number of hydroxylamine groups is 1. The Morgan fingerprint density at radius 2 is 2.00 bits per heavy atom. The average molecular weight is 330 g/mol. The molecule has 128 valence electrons. The molecule has 0 aromatic heterocycles. The van der Waals surface area contributed by atoms with Crippen LogP contribution in [0, 0.1) is 11.1 Å². The van der Waals surface area contributed by atoms with Crippen LogP contribution in [-0.4, -0.2) is 28.5 Å². The summed E-state index contributed by atoms with van der Waals surface area (Å²) in [6.45, 7) is 3.37. The van der Waals surface area contributed by atoms with Crippen molar-refractivity contribution in [1.29, 1.82) is 0 Å². The first kappa shape index (κ1) is 17.8. The zero-order valence-electron chi connectivity index (χ0n) is 13.7. The summed E-state index contributed by atoms with van der Waals surface area (Å²) < 4.78 is 0. The van der Waals surface area contributed by atoms with E-state index in [1.807, 2.05) is 6.92 Å². The van der Waals surface area contributed by atoms with E-state index >= 15 is 0 Å². The number of hydrogen-bond acceptors (Lipinski definition) is 5. The van der Waals surface area contributed by atoms with Gasteiger partial charge in [0.2, 0.25) is 11.8 Å². The lowest BCUT2D eigenvalue weighted by Crippen LogP contribution is -2.34. The molecule has 1 N–H and O–H groups in total. The van der Waals surface area contributed by atoms with Gasteiger partial charge in [-0.3, -0.25) is 14.4 Å². The molecule has 24 heavy (non-hydrogen) atoms. The summed E-state index contributed by atoms with van der Waals surface area (Å²) in [5, 5.41) is 18.2. The van der Waals surface area contributed by atoms with Gasteiger partial charge in [0.05, 0.1) is 12.1 Å². The molecule has 0 saturated heterocycles. The number of benzene rings is 1. The van der Waals surface area contributed by atoms with Gasteiger partial charge in [0, 0.05) is 18.0 Å². The molecule has 2 amide bonds. The van der Waals surface area contributed by atoms with Crippen LogP contribution in [-0.2, 0) is 14.4 Å². The first-order chi connectivity index (χ1) is 11.4. The van der Waals surface area contributed by atoms with Crippen molar-refractivity contribution in [1.82, 2.24) is 5.17 Å². The minimum absolute atomic E-state index is 0.0779. The summed E-state index contributed by atoms with van der Waals surface area (Å²) in [5.74, 6) is -1.18. The third-order valence-corrected chi connectivity index (χ3v) is 3.73. The maximum Gasteiger partial charge on any atom is 0.233 e. The van der Waals surface area contributed by atoms with Gasteiger partial charge in [0.15, 0.2) is 0 Å². The second kappa shape index (κ2) is 7.83. The number of anilines is 1. The van der Waals surface area contributed by atoms with Gasteiger partial charge in [0.25, 0.3) is 0 Å². The third kappa shape index (κ3) is 4.48.